The summed E-state index contributed by atoms with van der Waals surface area (Å²) in [4.78, 5) is 28.3. The molecule has 2 aliphatic heterocycles. The van der Waals surface area contributed by atoms with E-state index in [0.29, 0.717) is 25.2 Å². The molecular formula is C17H22FN3O2. The number of nitrogens with zero attached hydrogens (tertiary/aromatic N) is 2. The van der Waals surface area contributed by atoms with E-state index in [2.05, 4.69) is 5.32 Å². The topological polar surface area (TPSA) is 52.7 Å². The van der Waals surface area contributed by atoms with Crippen LogP contribution in [0.5, 0.6) is 0 Å². The molecule has 2 fully saturated rings. The molecule has 1 aromatic carbocycles. The number of halogens is 1. The van der Waals surface area contributed by atoms with Gasteiger partial charge in [-0.1, -0.05) is 18.2 Å². The van der Waals surface area contributed by atoms with Crippen molar-refractivity contribution in [2.75, 3.05) is 26.2 Å². The smallest absolute Gasteiger partial charge is 0.237 e. The summed E-state index contributed by atoms with van der Waals surface area (Å²) < 4.78 is 13.9. The SMILES string of the molecule is O=C1NCCN(Cc2ccccc2F)C1CC(=O)N1CCCC1. The highest BCUT2D eigenvalue weighted by atomic mass is 19.1. The molecule has 5 nitrogen and oxygen atoms in total. The zero-order chi connectivity index (χ0) is 16.2. The van der Waals surface area contributed by atoms with E-state index in [1.165, 1.54) is 6.07 Å². The Labute approximate surface area is 135 Å². The Hall–Kier alpha value is -1.95. The van der Waals surface area contributed by atoms with Crippen molar-refractivity contribution >= 4 is 11.8 Å². The number of carbonyl (C=O) groups is 2. The lowest BCUT2D eigenvalue weighted by molar-refractivity contribution is -0.138. The summed E-state index contributed by atoms with van der Waals surface area (Å²) in [6, 6.07) is 6.06. The predicted octanol–water partition coefficient (Wildman–Crippen LogP) is 1.14. The molecule has 3 rings (SSSR count). The fourth-order valence-electron chi connectivity index (χ4n) is 3.28. The molecule has 0 bridgehead atoms. The molecule has 1 unspecified atom stereocenters. The van der Waals surface area contributed by atoms with Gasteiger partial charge in [0.05, 0.1) is 12.5 Å². The van der Waals surface area contributed by atoms with Crippen LogP contribution in [-0.4, -0.2) is 53.8 Å². The number of carbonyl (C=O) groups excluding carboxylic acids is 2. The molecule has 1 aromatic rings. The van der Waals surface area contributed by atoms with Crippen LogP contribution in [0.15, 0.2) is 24.3 Å². The van der Waals surface area contributed by atoms with Crippen molar-refractivity contribution in [3.8, 4) is 0 Å². The molecule has 6 heteroatoms. The van der Waals surface area contributed by atoms with Crippen LogP contribution in [0.1, 0.15) is 24.8 Å². The number of piperazine rings is 1. The Kier molecular flexibility index (Phi) is 4.91. The maximum Gasteiger partial charge on any atom is 0.237 e. The first kappa shape index (κ1) is 15.9. The van der Waals surface area contributed by atoms with Gasteiger partial charge < -0.3 is 10.2 Å². The van der Waals surface area contributed by atoms with Gasteiger partial charge in [0.25, 0.3) is 0 Å². The summed E-state index contributed by atoms with van der Waals surface area (Å²) in [5.74, 6) is -0.397. The largest absolute Gasteiger partial charge is 0.353 e. The highest BCUT2D eigenvalue weighted by Gasteiger charge is 2.33. The summed E-state index contributed by atoms with van der Waals surface area (Å²) in [5.41, 5.74) is 0.556. The van der Waals surface area contributed by atoms with Crippen LogP contribution in [0.25, 0.3) is 0 Å². The van der Waals surface area contributed by atoms with Crippen molar-refractivity contribution in [2.24, 2.45) is 0 Å². The Bertz CT molecular complexity index is 587. The Morgan fingerprint density at radius 2 is 1.96 bits per heavy atom. The Morgan fingerprint density at radius 1 is 1.22 bits per heavy atom. The molecule has 2 amide bonds. The summed E-state index contributed by atoms with van der Waals surface area (Å²) in [7, 11) is 0. The number of amides is 2. The number of rotatable bonds is 4. The van der Waals surface area contributed by atoms with E-state index in [4.69, 9.17) is 0 Å². The zero-order valence-corrected chi connectivity index (χ0v) is 13.1. The van der Waals surface area contributed by atoms with Crippen LogP contribution in [0.2, 0.25) is 0 Å². The van der Waals surface area contributed by atoms with E-state index in [9.17, 15) is 14.0 Å². The van der Waals surface area contributed by atoms with Crippen LogP contribution in [0.4, 0.5) is 4.39 Å². The predicted molar refractivity (Wildman–Crippen MR) is 84.0 cm³/mol. The first-order chi connectivity index (χ1) is 11.1. The van der Waals surface area contributed by atoms with Crippen LogP contribution in [0.3, 0.4) is 0 Å². The van der Waals surface area contributed by atoms with Gasteiger partial charge in [-0.05, 0) is 18.9 Å². The average Bonchev–Trinajstić information content (AvgIpc) is 3.07. The highest BCUT2D eigenvalue weighted by Crippen LogP contribution is 2.18. The molecule has 124 valence electrons. The van der Waals surface area contributed by atoms with E-state index in [-0.39, 0.29) is 24.1 Å². The van der Waals surface area contributed by atoms with Gasteiger partial charge in [0.2, 0.25) is 11.8 Å². The third-order valence-corrected chi connectivity index (χ3v) is 4.60. The monoisotopic (exact) mass is 319 g/mol. The lowest BCUT2D eigenvalue weighted by Gasteiger charge is -2.35. The van der Waals surface area contributed by atoms with E-state index in [1.54, 1.807) is 18.2 Å². The van der Waals surface area contributed by atoms with Crippen molar-refractivity contribution in [3.63, 3.8) is 0 Å². The quantitative estimate of drug-likeness (QED) is 0.905. The number of benzene rings is 1. The minimum absolute atomic E-state index is 0.0167. The first-order valence-corrected chi connectivity index (χ1v) is 8.18. The molecule has 1 atom stereocenters. The molecule has 2 aliphatic rings. The molecule has 0 aliphatic carbocycles. The molecule has 0 spiro atoms. The fourth-order valence-corrected chi connectivity index (χ4v) is 3.28. The van der Waals surface area contributed by atoms with E-state index in [1.807, 2.05) is 9.80 Å². The van der Waals surface area contributed by atoms with E-state index < -0.39 is 6.04 Å². The zero-order valence-electron chi connectivity index (χ0n) is 13.1. The first-order valence-electron chi connectivity index (χ1n) is 8.18. The van der Waals surface area contributed by atoms with Crippen molar-refractivity contribution < 1.29 is 14.0 Å². The van der Waals surface area contributed by atoms with Crippen LogP contribution >= 0.6 is 0 Å². The average molecular weight is 319 g/mol. The summed E-state index contributed by atoms with van der Waals surface area (Å²) in [5, 5.41) is 2.81. The number of likely N-dealkylation sites (tertiary alicyclic amines) is 1. The van der Waals surface area contributed by atoms with Gasteiger partial charge in [0.1, 0.15) is 5.82 Å². The van der Waals surface area contributed by atoms with Crippen LogP contribution < -0.4 is 5.32 Å². The van der Waals surface area contributed by atoms with E-state index in [0.717, 1.165) is 25.9 Å². The van der Waals surface area contributed by atoms with Crippen LogP contribution in [-0.2, 0) is 16.1 Å². The van der Waals surface area contributed by atoms with Crippen molar-refractivity contribution in [1.29, 1.82) is 0 Å². The standard InChI is InChI=1S/C17H22FN3O2/c18-14-6-2-1-5-13(14)12-21-10-7-19-17(23)15(21)11-16(22)20-8-3-4-9-20/h1-2,5-6,15H,3-4,7-12H2,(H,19,23). The minimum atomic E-state index is -0.517. The summed E-state index contributed by atoms with van der Waals surface area (Å²) >= 11 is 0. The third kappa shape index (κ3) is 3.69. The van der Waals surface area contributed by atoms with Gasteiger partial charge in [-0.3, -0.25) is 14.5 Å². The third-order valence-electron chi connectivity index (χ3n) is 4.60. The molecule has 0 radical (unpaired) electrons. The fraction of sp³-hybridized carbons (Fsp3) is 0.529. The van der Waals surface area contributed by atoms with Gasteiger partial charge in [0.15, 0.2) is 0 Å². The second-order valence-electron chi connectivity index (χ2n) is 6.16. The molecular weight excluding hydrogens is 297 g/mol. The van der Waals surface area contributed by atoms with Gasteiger partial charge in [-0.25, -0.2) is 4.39 Å². The molecule has 23 heavy (non-hydrogen) atoms. The molecule has 0 saturated carbocycles. The van der Waals surface area contributed by atoms with Crippen LogP contribution in [0, 0.1) is 5.82 Å². The normalized spacial score (nSPS) is 22.2. The Balaban J connectivity index is 1.70. The second kappa shape index (κ2) is 7.08. The lowest BCUT2D eigenvalue weighted by Crippen LogP contribution is -2.56. The number of hydrogen-bond acceptors (Lipinski definition) is 3. The van der Waals surface area contributed by atoms with Gasteiger partial charge in [-0.2, -0.15) is 0 Å². The second-order valence-corrected chi connectivity index (χ2v) is 6.16. The van der Waals surface area contributed by atoms with Gasteiger partial charge in [0, 0.05) is 38.3 Å². The van der Waals surface area contributed by atoms with Gasteiger partial charge in [-0.15, -0.1) is 0 Å². The number of nitrogens with one attached hydrogen (secondary N) is 1. The molecule has 2 heterocycles. The maximum absolute atomic E-state index is 13.9. The maximum atomic E-state index is 13.9. The van der Waals surface area contributed by atoms with Crippen molar-refractivity contribution in [2.45, 2.75) is 31.8 Å². The minimum Gasteiger partial charge on any atom is -0.353 e. The van der Waals surface area contributed by atoms with Crippen molar-refractivity contribution in [3.05, 3.63) is 35.6 Å². The molecule has 1 N–H and O–H groups in total. The summed E-state index contributed by atoms with van der Waals surface area (Å²) in [6.07, 6.45) is 2.23. The highest BCUT2D eigenvalue weighted by molar-refractivity contribution is 5.88. The van der Waals surface area contributed by atoms with Crippen molar-refractivity contribution in [1.82, 2.24) is 15.1 Å². The lowest BCUT2D eigenvalue weighted by atomic mass is 10.1. The van der Waals surface area contributed by atoms with E-state index >= 15 is 0 Å². The summed E-state index contributed by atoms with van der Waals surface area (Å²) in [6.45, 7) is 3.05. The molecule has 0 aromatic heterocycles. The van der Waals surface area contributed by atoms with Gasteiger partial charge >= 0.3 is 0 Å². The molecule has 2 saturated heterocycles. The Morgan fingerprint density at radius 3 is 2.70 bits per heavy atom. The number of hydrogen-bond donors (Lipinski definition) is 1.